The maximum atomic E-state index is 12.4. The van der Waals surface area contributed by atoms with Crippen LogP contribution in [0.25, 0.3) is 0 Å². The average molecular weight is 349 g/mol. The molecule has 1 fully saturated rings. The Morgan fingerprint density at radius 2 is 2.00 bits per heavy atom. The standard InChI is InChI=1S/C17H23N3O3S/c1-4-18-17-20(5-2)16(22)14(24-17)11-15(21)19-12-7-9-13(10-8-12)23-6-3/h7-10,14H,4-6,11H2,1-3H3,(H,19,21). The number of aliphatic imine (C=N–C) groups is 1. The normalized spacial score (nSPS) is 19.0. The minimum absolute atomic E-state index is 0.0449. The molecule has 0 spiro atoms. The number of nitrogens with one attached hydrogen (secondary N) is 1. The summed E-state index contributed by atoms with van der Waals surface area (Å²) in [6, 6.07) is 7.18. The Bertz CT molecular complexity index is 616. The minimum Gasteiger partial charge on any atom is -0.494 e. The lowest BCUT2D eigenvalue weighted by Crippen LogP contribution is -2.33. The van der Waals surface area contributed by atoms with Gasteiger partial charge in [0.15, 0.2) is 5.17 Å². The zero-order valence-corrected chi connectivity index (χ0v) is 15.1. The van der Waals surface area contributed by atoms with Crippen molar-refractivity contribution in [3.05, 3.63) is 24.3 Å². The molecule has 1 saturated heterocycles. The van der Waals surface area contributed by atoms with Gasteiger partial charge in [0.2, 0.25) is 11.8 Å². The van der Waals surface area contributed by atoms with Crippen LogP contribution >= 0.6 is 11.8 Å². The molecular weight excluding hydrogens is 326 g/mol. The van der Waals surface area contributed by atoms with Gasteiger partial charge in [-0.25, -0.2) is 0 Å². The third-order valence-electron chi connectivity index (χ3n) is 3.45. The number of ether oxygens (including phenoxy) is 1. The number of thioether (sulfide) groups is 1. The van der Waals surface area contributed by atoms with Crippen molar-refractivity contribution in [2.75, 3.05) is 25.0 Å². The van der Waals surface area contributed by atoms with Gasteiger partial charge in [-0.2, -0.15) is 0 Å². The number of carbonyl (C=O) groups is 2. The predicted molar refractivity (Wildman–Crippen MR) is 97.6 cm³/mol. The molecule has 0 radical (unpaired) electrons. The van der Waals surface area contributed by atoms with E-state index in [0.717, 1.165) is 5.75 Å². The Morgan fingerprint density at radius 3 is 2.58 bits per heavy atom. The molecule has 1 heterocycles. The fourth-order valence-electron chi connectivity index (χ4n) is 2.37. The molecule has 7 heteroatoms. The summed E-state index contributed by atoms with van der Waals surface area (Å²) in [4.78, 5) is 30.5. The molecule has 2 rings (SSSR count). The van der Waals surface area contributed by atoms with Crippen LogP contribution in [0.4, 0.5) is 5.69 Å². The number of amides is 2. The first-order chi connectivity index (χ1) is 11.6. The largest absolute Gasteiger partial charge is 0.494 e. The lowest BCUT2D eigenvalue weighted by molar-refractivity contribution is -0.128. The fourth-order valence-corrected chi connectivity index (χ4v) is 3.64. The zero-order chi connectivity index (χ0) is 17.5. The second-order valence-corrected chi connectivity index (χ2v) is 6.33. The van der Waals surface area contributed by atoms with Gasteiger partial charge < -0.3 is 10.1 Å². The number of benzene rings is 1. The molecule has 2 amide bonds. The van der Waals surface area contributed by atoms with Crippen molar-refractivity contribution >= 4 is 34.4 Å². The highest BCUT2D eigenvalue weighted by atomic mass is 32.2. The molecule has 1 aliphatic heterocycles. The van der Waals surface area contributed by atoms with Gasteiger partial charge in [-0.15, -0.1) is 0 Å². The number of hydrogen-bond donors (Lipinski definition) is 1. The summed E-state index contributed by atoms with van der Waals surface area (Å²) < 4.78 is 5.37. The summed E-state index contributed by atoms with van der Waals surface area (Å²) in [6.45, 7) is 7.55. The average Bonchev–Trinajstić information content (AvgIpc) is 2.85. The first-order valence-electron chi connectivity index (χ1n) is 8.14. The molecule has 1 N–H and O–H groups in total. The van der Waals surface area contributed by atoms with Crippen molar-refractivity contribution < 1.29 is 14.3 Å². The molecule has 130 valence electrons. The maximum absolute atomic E-state index is 12.4. The number of rotatable bonds is 7. The Labute approximate surface area is 146 Å². The molecule has 24 heavy (non-hydrogen) atoms. The monoisotopic (exact) mass is 349 g/mol. The number of nitrogens with zero attached hydrogens (tertiary/aromatic N) is 2. The van der Waals surface area contributed by atoms with E-state index in [1.54, 1.807) is 29.2 Å². The van der Waals surface area contributed by atoms with E-state index >= 15 is 0 Å². The molecule has 0 saturated carbocycles. The highest BCUT2D eigenvalue weighted by Gasteiger charge is 2.37. The van der Waals surface area contributed by atoms with Crippen LogP contribution in [-0.2, 0) is 9.59 Å². The smallest absolute Gasteiger partial charge is 0.242 e. The molecule has 1 aromatic carbocycles. The van der Waals surface area contributed by atoms with Crippen molar-refractivity contribution in [1.82, 2.24) is 4.90 Å². The van der Waals surface area contributed by atoms with Crippen molar-refractivity contribution in [1.29, 1.82) is 0 Å². The number of amidine groups is 1. The van der Waals surface area contributed by atoms with E-state index in [1.807, 2.05) is 20.8 Å². The van der Waals surface area contributed by atoms with E-state index in [2.05, 4.69) is 10.3 Å². The first kappa shape index (κ1) is 18.3. The molecule has 1 unspecified atom stereocenters. The Balaban J connectivity index is 1.94. The van der Waals surface area contributed by atoms with Crippen molar-refractivity contribution in [3.63, 3.8) is 0 Å². The molecule has 1 aliphatic rings. The van der Waals surface area contributed by atoms with Gasteiger partial charge >= 0.3 is 0 Å². The van der Waals surface area contributed by atoms with Crippen LogP contribution < -0.4 is 10.1 Å². The van der Waals surface area contributed by atoms with Crippen molar-refractivity contribution in [2.45, 2.75) is 32.4 Å². The van der Waals surface area contributed by atoms with Gasteiger partial charge in [-0.05, 0) is 45.0 Å². The summed E-state index contributed by atoms with van der Waals surface area (Å²) in [5, 5.41) is 3.13. The highest BCUT2D eigenvalue weighted by molar-refractivity contribution is 8.15. The summed E-state index contributed by atoms with van der Waals surface area (Å²) >= 11 is 1.37. The van der Waals surface area contributed by atoms with Gasteiger partial charge in [0.1, 0.15) is 11.0 Å². The van der Waals surface area contributed by atoms with E-state index in [0.29, 0.717) is 30.6 Å². The van der Waals surface area contributed by atoms with Crippen LogP contribution in [0.15, 0.2) is 29.3 Å². The SMILES string of the molecule is CCN=C1SC(CC(=O)Nc2ccc(OCC)cc2)C(=O)N1CC. The second-order valence-electron chi connectivity index (χ2n) is 5.16. The van der Waals surface area contributed by atoms with Crippen molar-refractivity contribution in [2.24, 2.45) is 4.99 Å². The van der Waals surface area contributed by atoms with Crippen LogP contribution in [0.5, 0.6) is 5.75 Å². The second kappa shape index (κ2) is 8.73. The van der Waals surface area contributed by atoms with Gasteiger partial charge in [0.05, 0.1) is 6.61 Å². The third kappa shape index (κ3) is 4.50. The Hall–Kier alpha value is -2.02. The molecule has 0 aromatic heterocycles. The van der Waals surface area contributed by atoms with Gasteiger partial charge in [0, 0.05) is 25.2 Å². The summed E-state index contributed by atoms with van der Waals surface area (Å²) in [6.07, 6.45) is 0.135. The van der Waals surface area contributed by atoms with Crippen LogP contribution in [0.2, 0.25) is 0 Å². The van der Waals surface area contributed by atoms with Crippen LogP contribution in [0.1, 0.15) is 27.2 Å². The molecule has 1 aromatic rings. The minimum atomic E-state index is -0.405. The van der Waals surface area contributed by atoms with E-state index in [-0.39, 0.29) is 18.2 Å². The summed E-state index contributed by atoms with van der Waals surface area (Å²) in [7, 11) is 0. The van der Waals surface area contributed by atoms with Crippen molar-refractivity contribution in [3.8, 4) is 5.75 Å². The lowest BCUT2D eigenvalue weighted by Gasteiger charge is -2.13. The summed E-state index contributed by atoms with van der Waals surface area (Å²) in [5.41, 5.74) is 0.689. The predicted octanol–water partition coefficient (Wildman–Crippen LogP) is 2.75. The molecule has 1 atom stereocenters. The number of carbonyl (C=O) groups excluding carboxylic acids is 2. The quantitative estimate of drug-likeness (QED) is 0.822. The summed E-state index contributed by atoms with van der Waals surface area (Å²) in [5.74, 6) is 0.534. The Kier molecular flexibility index (Phi) is 6.66. The topological polar surface area (TPSA) is 71.0 Å². The highest BCUT2D eigenvalue weighted by Crippen LogP contribution is 2.29. The van der Waals surface area contributed by atoms with Crippen LogP contribution in [0, 0.1) is 0 Å². The number of anilines is 1. The lowest BCUT2D eigenvalue weighted by atomic mass is 10.2. The zero-order valence-electron chi connectivity index (χ0n) is 14.2. The van der Waals surface area contributed by atoms with Crippen LogP contribution in [-0.4, -0.2) is 46.8 Å². The van der Waals surface area contributed by atoms with E-state index in [4.69, 9.17) is 4.74 Å². The third-order valence-corrected chi connectivity index (χ3v) is 4.66. The van der Waals surface area contributed by atoms with E-state index < -0.39 is 5.25 Å². The molecule has 0 aliphatic carbocycles. The molecule has 6 nitrogen and oxygen atoms in total. The van der Waals surface area contributed by atoms with E-state index in [1.165, 1.54) is 11.8 Å². The number of hydrogen-bond acceptors (Lipinski definition) is 5. The first-order valence-corrected chi connectivity index (χ1v) is 9.02. The molecule has 0 bridgehead atoms. The van der Waals surface area contributed by atoms with E-state index in [9.17, 15) is 9.59 Å². The van der Waals surface area contributed by atoms with Crippen LogP contribution in [0.3, 0.4) is 0 Å². The molecular formula is C17H23N3O3S. The fraction of sp³-hybridized carbons (Fsp3) is 0.471. The van der Waals surface area contributed by atoms with Gasteiger partial charge in [-0.3, -0.25) is 19.5 Å². The van der Waals surface area contributed by atoms with Gasteiger partial charge in [-0.1, -0.05) is 11.8 Å². The Morgan fingerprint density at radius 1 is 1.29 bits per heavy atom. The maximum Gasteiger partial charge on any atom is 0.242 e. The van der Waals surface area contributed by atoms with Gasteiger partial charge in [0.25, 0.3) is 0 Å².